The van der Waals surface area contributed by atoms with Gasteiger partial charge in [0.15, 0.2) is 46.0 Å². The van der Waals surface area contributed by atoms with Gasteiger partial charge in [0.25, 0.3) is 0 Å². The number of ether oxygens (including phenoxy) is 8. The van der Waals surface area contributed by atoms with Gasteiger partial charge in [0, 0.05) is 45.8 Å². The molecule has 7 aromatic carbocycles. The van der Waals surface area contributed by atoms with E-state index in [0.717, 1.165) is 105 Å². The lowest BCUT2D eigenvalue weighted by molar-refractivity contribution is 0.355. The predicted octanol–water partition coefficient (Wildman–Crippen LogP) is 14.2. The van der Waals surface area contributed by atoms with Crippen LogP contribution in [0.4, 0.5) is 0 Å². The molecule has 0 N–H and O–H groups in total. The highest BCUT2D eigenvalue weighted by Gasteiger charge is 2.26. The highest BCUT2D eigenvalue weighted by molar-refractivity contribution is 6.26. The lowest BCUT2D eigenvalue weighted by Crippen LogP contribution is -2.03. The van der Waals surface area contributed by atoms with E-state index in [1.54, 1.807) is 56.9 Å². The normalized spacial score (nSPS) is 11.4. The van der Waals surface area contributed by atoms with Crippen LogP contribution in [0.3, 0.4) is 0 Å². The van der Waals surface area contributed by atoms with Crippen LogP contribution in [0, 0.1) is 0 Å². The molecule has 9 rings (SSSR count). The Morgan fingerprint density at radius 1 is 0.294 bits per heavy atom. The van der Waals surface area contributed by atoms with Crippen LogP contribution < -0.4 is 37.9 Å². The number of methoxy groups -OCH3 is 8. The van der Waals surface area contributed by atoms with Crippen molar-refractivity contribution in [1.29, 1.82) is 0 Å². The van der Waals surface area contributed by atoms with Crippen LogP contribution in [0.1, 0.15) is 39.5 Å². The molecule has 2 heterocycles. The molecule has 0 saturated heterocycles. The van der Waals surface area contributed by atoms with Gasteiger partial charge in [-0.05, 0) is 119 Å². The minimum atomic E-state index is 0.668. The van der Waals surface area contributed by atoms with Gasteiger partial charge in [0.05, 0.1) is 78.9 Å². The summed E-state index contributed by atoms with van der Waals surface area (Å²) >= 11 is 0. The monoisotopic (exact) mass is 912 g/mol. The maximum Gasteiger partial charge on any atom is 0.161 e. The Kier molecular flexibility index (Phi) is 13.0. The first kappa shape index (κ1) is 45.7. The van der Waals surface area contributed by atoms with Gasteiger partial charge in [0.2, 0.25) is 0 Å². The summed E-state index contributed by atoms with van der Waals surface area (Å²) in [5.41, 5.74) is 13.1. The van der Waals surface area contributed by atoms with Crippen LogP contribution in [0.15, 0.2) is 109 Å². The third-order valence-corrected chi connectivity index (χ3v) is 13.3. The summed E-state index contributed by atoms with van der Waals surface area (Å²) in [5, 5.41) is 4.68. The number of fused-ring (bicyclic) bond motifs is 7. The van der Waals surface area contributed by atoms with E-state index < -0.39 is 0 Å². The molecule has 0 saturated carbocycles. The molecule has 2 aromatic heterocycles. The first-order chi connectivity index (χ1) is 33.3. The molecule has 350 valence electrons. The Hall–Kier alpha value is -7.46. The van der Waals surface area contributed by atoms with Crippen molar-refractivity contribution < 1.29 is 37.9 Å². The molecule has 0 radical (unpaired) electrons. The summed E-state index contributed by atoms with van der Waals surface area (Å²) in [6.07, 6.45) is 4.05. The van der Waals surface area contributed by atoms with Crippen molar-refractivity contribution >= 4 is 43.6 Å². The van der Waals surface area contributed by atoms with Crippen molar-refractivity contribution in [3.05, 3.63) is 109 Å². The Morgan fingerprint density at radius 2 is 0.603 bits per heavy atom. The van der Waals surface area contributed by atoms with Gasteiger partial charge >= 0.3 is 0 Å². The third-order valence-electron chi connectivity index (χ3n) is 13.3. The van der Waals surface area contributed by atoms with Crippen molar-refractivity contribution in [2.75, 3.05) is 56.9 Å². The van der Waals surface area contributed by atoms with Crippen molar-refractivity contribution in [1.82, 2.24) is 9.13 Å². The van der Waals surface area contributed by atoms with E-state index in [-0.39, 0.29) is 0 Å². The van der Waals surface area contributed by atoms with Crippen molar-refractivity contribution in [2.45, 2.75) is 52.6 Å². The fraction of sp³-hybridized carbons (Fsp3) is 0.276. The van der Waals surface area contributed by atoms with E-state index in [4.69, 9.17) is 37.9 Å². The summed E-state index contributed by atoms with van der Waals surface area (Å²) < 4.78 is 51.5. The number of rotatable bonds is 18. The van der Waals surface area contributed by atoms with Crippen LogP contribution in [0.2, 0.25) is 0 Å². The van der Waals surface area contributed by atoms with Gasteiger partial charge in [-0.1, -0.05) is 63.1 Å². The van der Waals surface area contributed by atoms with Crippen molar-refractivity contribution in [3.8, 4) is 90.5 Å². The minimum absolute atomic E-state index is 0.668. The van der Waals surface area contributed by atoms with Crippen LogP contribution in [-0.4, -0.2) is 66.0 Å². The van der Waals surface area contributed by atoms with Crippen molar-refractivity contribution in [2.24, 2.45) is 0 Å². The highest BCUT2D eigenvalue weighted by Crippen LogP contribution is 2.49. The lowest BCUT2D eigenvalue weighted by Gasteiger charge is -2.17. The molecular formula is C58H60N2O8. The SMILES string of the molecule is CCCCn1c2c(-c3ccc(OC)c(OC)c3)cc(-c3ccc(OC)c(OC)c3)cc2c2ccc3c4cc(-c5ccc(OC)c(OC)c5)cc(-c5ccc(OC)c(OC)c5)c4n(CCCC)c3c21. The molecule has 0 unspecified atom stereocenters. The maximum atomic E-state index is 5.93. The zero-order chi connectivity index (χ0) is 47.6. The van der Waals surface area contributed by atoms with E-state index in [0.29, 0.717) is 46.0 Å². The summed E-state index contributed by atoms with van der Waals surface area (Å²) in [4.78, 5) is 0. The molecule has 9 aromatic rings. The minimum Gasteiger partial charge on any atom is -0.493 e. The molecule has 0 spiro atoms. The summed E-state index contributed by atoms with van der Waals surface area (Å²) in [6.45, 7) is 6.16. The van der Waals surface area contributed by atoms with Gasteiger partial charge in [-0.2, -0.15) is 0 Å². The van der Waals surface area contributed by atoms with Crippen LogP contribution in [-0.2, 0) is 13.1 Å². The Morgan fingerprint density at radius 3 is 0.912 bits per heavy atom. The zero-order valence-electron chi connectivity index (χ0n) is 40.8. The average Bonchev–Trinajstić information content (AvgIpc) is 3.89. The van der Waals surface area contributed by atoms with Gasteiger partial charge in [-0.3, -0.25) is 0 Å². The Bertz CT molecular complexity index is 3110. The standard InChI is InChI=1S/C58H60N2O8/c1-11-13-25-59-55-43(37-17-23-49(63-5)53(33-37)67-9)27-39(35-15-21-47(61-3)51(31-35)65-7)29-45(55)41-19-20-42-46-30-40(36-16-22-48(62-4)52(32-36)66-8)28-44(38-18-24-50(64-6)54(34-38)68-10)56(46)60(26-14-12-2)58(42)57(41)59/h15-24,27-34H,11-14,25-26H2,1-10H3. The first-order valence-corrected chi connectivity index (χ1v) is 23.3. The number of aryl methyl sites for hydroxylation is 2. The van der Waals surface area contributed by atoms with E-state index in [2.05, 4.69) is 108 Å². The number of benzene rings is 7. The fourth-order valence-corrected chi connectivity index (χ4v) is 9.94. The van der Waals surface area contributed by atoms with Gasteiger partial charge in [0.1, 0.15) is 0 Å². The summed E-state index contributed by atoms with van der Waals surface area (Å²) in [5.74, 6) is 5.38. The molecule has 0 aliphatic carbocycles. The Labute approximate surface area is 398 Å². The van der Waals surface area contributed by atoms with Gasteiger partial charge in [-0.15, -0.1) is 0 Å². The lowest BCUT2D eigenvalue weighted by atomic mass is 9.94. The van der Waals surface area contributed by atoms with Crippen LogP contribution >= 0.6 is 0 Å². The quantitative estimate of drug-likeness (QED) is 0.0842. The van der Waals surface area contributed by atoms with E-state index >= 15 is 0 Å². The zero-order valence-corrected chi connectivity index (χ0v) is 40.8. The molecule has 0 amide bonds. The highest BCUT2D eigenvalue weighted by atomic mass is 16.5. The van der Waals surface area contributed by atoms with E-state index in [9.17, 15) is 0 Å². The molecule has 0 bridgehead atoms. The van der Waals surface area contributed by atoms with E-state index in [1.807, 2.05) is 24.3 Å². The maximum absolute atomic E-state index is 5.93. The average molecular weight is 913 g/mol. The largest absolute Gasteiger partial charge is 0.493 e. The number of unbranched alkanes of at least 4 members (excludes halogenated alkanes) is 2. The molecule has 0 fully saturated rings. The molecule has 0 atom stereocenters. The molecular weight excluding hydrogens is 853 g/mol. The molecule has 68 heavy (non-hydrogen) atoms. The molecule has 0 aliphatic rings. The van der Waals surface area contributed by atoms with Gasteiger partial charge < -0.3 is 47.0 Å². The molecule has 0 aliphatic heterocycles. The predicted molar refractivity (Wildman–Crippen MR) is 276 cm³/mol. The van der Waals surface area contributed by atoms with Crippen molar-refractivity contribution in [3.63, 3.8) is 0 Å². The smallest absolute Gasteiger partial charge is 0.161 e. The summed E-state index contributed by atoms with van der Waals surface area (Å²) in [6, 6.07) is 38.7. The second-order valence-electron chi connectivity index (χ2n) is 17.0. The molecule has 10 heteroatoms. The van der Waals surface area contributed by atoms with E-state index in [1.165, 1.54) is 21.8 Å². The number of nitrogens with zero attached hydrogens (tertiary/aromatic N) is 2. The second-order valence-corrected chi connectivity index (χ2v) is 17.0. The molecule has 10 nitrogen and oxygen atoms in total. The Balaban J connectivity index is 1.46. The van der Waals surface area contributed by atoms with Crippen LogP contribution in [0.5, 0.6) is 46.0 Å². The number of hydrogen-bond acceptors (Lipinski definition) is 8. The number of aromatic nitrogens is 2. The second kappa shape index (κ2) is 19.4. The summed E-state index contributed by atoms with van der Waals surface area (Å²) in [7, 11) is 13.4. The third kappa shape index (κ3) is 7.81. The van der Waals surface area contributed by atoms with Gasteiger partial charge in [-0.25, -0.2) is 0 Å². The topological polar surface area (TPSA) is 83.7 Å². The van der Waals surface area contributed by atoms with Crippen LogP contribution in [0.25, 0.3) is 88.1 Å². The number of hydrogen-bond donors (Lipinski definition) is 0. The first-order valence-electron chi connectivity index (χ1n) is 23.3. The fourth-order valence-electron chi connectivity index (χ4n) is 9.94.